The van der Waals surface area contributed by atoms with Gasteiger partial charge in [-0.15, -0.1) is 10.2 Å². The molecule has 1 rings (SSSR count). The first-order chi connectivity index (χ1) is 6.83. The molecule has 0 bridgehead atoms. The largest absolute Gasteiger partial charge is 0.383 e. The van der Waals surface area contributed by atoms with Gasteiger partial charge in [-0.25, -0.2) is 0 Å². The summed E-state index contributed by atoms with van der Waals surface area (Å²) in [5.41, 5.74) is 0. The van der Waals surface area contributed by atoms with Crippen LogP contribution >= 0.6 is 0 Å². The van der Waals surface area contributed by atoms with Crippen LogP contribution in [0.1, 0.15) is 12.2 Å². The van der Waals surface area contributed by atoms with Gasteiger partial charge in [-0.2, -0.15) is 4.80 Å². The summed E-state index contributed by atoms with van der Waals surface area (Å²) in [5.74, 6) is 0.807. The van der Waals surface area contributed by atoms with Gasteiger partial charge in [-0.1, -0.05) is 0 Å². The van der Waals surface area contributed by atoms with Gasteiger partial charge < -0.3 is 10.1 Å². The van der Waals surface area contributed by atoms with Crippen LogP contribution in [0.25, 0.3) is 0 Å². The summed E-state index contributed by atoms with van der Waals surface area (Å²) in [4.78, 5) is 1.48. The van der Waals surface area contributed by atoms with Gasteiger partial charge in [0.15, 0.2) is 5.82 Å². The first kappa shape index (κ1) is 11.1. The molecule has 0 aliphatic rings. The summed E-state index contributed by atoms with van der Waals surface area (Å²) in [6, 6.07) is 0. The monoisotopic (exact) mass is 199 g/mol. The Morgan fingerprint density at radius 2 is 2.29 bits per heavy atom. The van der Waals surface area contributed by atoms with Crippen molar-refractivity contribution in [2.24, 2.45) is 7.05 Å². The highest BCUT2D eigenvalue weighted by Gasteiger charge is 1.98. The third kappa shape index (κ3) is 4.29. The molecule has 0 amide bonds. The van der Waals surface area contributed by atoms with Gasteiger partial charge in [0.1, 0.15) is 0 Å². The van der Waals surface area contributed by atoms with Crippen LogP contribution in [-0.4, -0.2) is 47.0 Å². The third-order valence-corrected chi connectivity index (χ3v) is 1.79. The van der Waals surface area contributed by atoms with Crippen molar-refractivity contribution in [3.63, 3.8) is 0 Å². The lowest BCUT2D eigenvalue weighted by molar-refractivity contribution is 0.199. The SMILES string of the molecule is COCCNCCCc1nnn(C)n1. The summed E-state index contributed by atoms with van der Waals surface area (Å²) in [7, 11) is 3.47. The average molecular weight is 199 g/mol. The lowest BCUT2D eigenvalue weighted by atomic mass is 10.3. The molecule has 6 heteroatoms. The zero-order chi connectivity index (χ0) is 10.2. The highest BCUT2D eigenvalue weighted by atomic mass is 16.5. The molecule has 1 aromatic heterocycles. The van der Waals surface area contributed by atoms with Crippen LogP contribution in [0.2, 0.25) is 0 Å². The molecule has 0 aliphatic carbocycles. The fourth-order valence-corrected chi connectivity index (χ4v) is 1.09. The maximum absolute atomic E-state index is 4.91. The van der Waals surface area contributed by atoms with Gasteiger partial charge in [0.2, 0.25) is 0 Å². The van der Waals surface area contributed by atoms with E-state index in [0.717, 1.165) is 38.4 Å². The molecule has 0 saturated carbocycles. The lowest BCUT2D eigenvalue weighted by Gasteiger charge is -2.01. The van der Waals surface area contributed by atoms with E-state index in [1.54, 1.807) is 14.2 Å². The van der Waals surface area contributed by atoms with Crippen molar-refractivity contribution in [2.75, 3.05) is 26.8 Å². The van der Waals surface area contributed by atoms with Gasteiger partial charge >= 0.3 is 0 Å². The van der Waals surface area contributed by atoms with Crippen molar-refractivity contribution < 1.29 is 4.74 Å². The van der Waals surface area contributed by atoms with Crippen LogP contribution in [0.4, 0.5) is 0 Å². The van der Waals surface area contributed by atoms with E-state index in [1.165, 1.54) is 4.80 Å². The number of nitrogens with zero attached hydrogens (tertiary/aromatic N) is 4. The lowest BCUT2D eigenvalue weighted by Crippen LogP contribution is -2.20. The van der Waals surface area contributed by atoms with E-state index in [-0.39, 0.29) is 0 Å². The molecule has 1 aromatic rings. The van der Waals surface area contributed by atoms with Gasteiger partial charge in [0.25, 0.3) is 0 Å². The van der Waals surface area contributed by atoms with Crippen molar-refractivity contribution in [3.05, 3.63) is 5.82 Å². The topological polar surface area (TPSA) is 64.9 Å². The van der Waals surface area contributed by atoms with Crippen LogP contribution in [0.3, 0.4) is 0 Å². The minimum absolute atomic E-state index is 0.753. The summed E-state index contributed by atoms with van der Waals surface area (Å²) in [6.45, 7) is 2.61. The number of hydrogen-bond acceptors (Lipinski definition) is 5. The van der Waals surface area contributed by atoms with E-state index in [9.17, 15) is 0 Å². The maximum atomic E-state index is 4.91. The highest BCUT2D eigenvalue weighted by molar-refractivity contribution is 4.76. The molecule has 0 fully saturated rings. The van der Waals surface area contributed by atoms with E-state index in [2.05, 4.69) is 20.7 Å². The van der Waals surface area contributed by atoms with E-state index < -0.39 is 0 Å². The second-order valence-electron chi connectivity index (χ2n) is 3.04. The molecule has 80 valence electrons. The van der Waals surface area contributed by atoms with Gasteiger partial charge in [0.05, 0.1) is 13.7 Å². The minimum atomic E-state index is 0.753. The second kappa shape index (κ2) is 6.44. The Hall–Kier alpha value is -1.01. The van der Waals surface area contributed by atoms with Gasteiger partial charge in [-0.3, -0.25) is 0 Å². The maximum Gasteiger partial charge on any atom is 0.174 e. The summed E-state index contributed by atoms with van der Waals surface area (Å²) in [6.07, 6.45) is 1.89. The Kier molecular flexibility index (Phi) is 5.09. The van der Waals surface area contributed by atoms with Gasteiger partial charge in [0, 0.05) is 20.1 Å². The average Bonchev–Trinajstić information content (AvgIpc) is 2.58. The number of nitrogens with one attached hydrogen (secondary N) is 1. The van der Waals surface area contributed by atoms with E-state index >= 15 is 0 Å². The molecule has 0 saturated heterocycles. The number of hydrogen-bond donors (Lipinski definition) is 1. The molecular formula is C8H17N5O. The van der Waals surface area contributed by atoms with E-state index in [4.69, 9.17) is 4.74 Å². The first-order valence-corrected chi connectivity index (χ1v) is 4.75. The molecule has 0 aromatic carbocycles. The van der Waals surface area contributed by atoms with Crippen molar-refractivity contribution in [2.45, 2.75) is 12.8 Å². The summed E-state index contributed by atoms with van der Waals surface area (Å²) in [5, 5.41) is 15.0. The van der Waals surface area contributed by atoms with E-state index in [0.29, 0.717) is 0 Å². The zero-order valence-corrected chi connectivity index (χ0v) is 8.73. The smallest absolute Gasteiger partial charge is 0.174 e. The molecule has 6 nitrogen and oxygen atoms in total. The van der Waals surface area contributed by atoms with Crippen LogP contribution in [-0.2, 0) is 18.2 Å². The summed E-state index contributed by atoms with van der Waals surface area (Å²) < 4.78 is 4.91. The predicted octanol–water partition coefficient (Wildman–Crippen LogP) is -0.621. The number of rotatable bonds is 7. The molecule has 0 radical (unpaired) electrons. The van der Waals surface area contributed by atoms with Gasteiger partial charge in [-0.05, 0) is 18.2 Å². The Morgan fingerprint density at radius 3 is 2.93 bits per heavy atom. The first-order valence-electron chi connectivity index (χ1n) is 4.75. The predicted molar refractivity (Wildman–Crippen MR) is 51.9 cm³/mol. The van der Waals surface area contributed by atoms with Crippen molar-refractivity contribution in [3.8, 4) is 0 Å². The normalized spacial score (nSPS) is 10.7. The van der Waals surface area contributed by atoms with Crippen LogP contribution in [0.15, 0.2) is 0 Å². The van der Waals surface area contributed by atoms with Crippen molar-refractivity contribution in [1.82, 2.24) is 25.5 Å². The van der Waals surface area contributed by atoms with Crippen LogP contribution in [0.5, 0.6) is 0 Å². The molecule has 0 unspecified atom stereocenters. The number of ether oxygens (including phenoxy) is 1. The molecule has 1 N–H and O–H groups in total. The molecule has 0 spiro atoms. The molecule has 0 atom stereocenters. The van der Waals surface area contributed by atoms with Crippen molar-refractivity contribution >= 4 is 0 Å². The number of aromatic nitrogens is 4. The summed E-state index contributed by atoms with van der Waals surface area (Å²) >= 11 is 0. The zero-order valence-electron chi connectivity index (χ0n) is 8.73. The quantitative estimate of drug-likeness (QED) is 0.593. The molecular weight excluding hydrogens is 182 g/mol. The molecule has 1 heterocycles. The Bertz CT molecular complexity index is 250. The fourth-order valence-electron chi connectivity index (χ4n) is 1.09. The molecule has 0 aliphatic heterocycles. The number of aryl methyl sites for hydroxylation is 2. The van der Waals surface area contributed by atoms with Crippen LogP contribution < -0.4 is 5.32 Å². The Labute approximate surface area is 83.6 Å². The highest BCUT2D eigenvalue weighted by Crippen LogP contribution is 1.90. The Balaban J connectivity index is 1.99. The number of methoxy groups -OCH3 is 1. The minimum Gasteiger partial charge on any atom is -0.383 e. The van der Waals surface area contributed by atoms with Crippen LogP contribution in [0, 0.1) is 0 Å². The van der Waals surface area contributed by atoms with E-state index in [1.807, 2.05) is 0 Å². The molecule has 14 heavy (non-hydrogen) atoms. The third-order valence-electron chi connectivity index (χ3n) is 1.79. The standard InChI is InChI=1S/C8H17N5O/c1-13-11-8(10-12-13)4-3-5-9-6-7-14-2/h9H,3-7H2,1-2H3. The fraction of sp³-hybridized carbons (Fsp3) is 0.875. The van der Waals surface area contributed by atoms with Crippen molar-refractivity contribution in [1.29, 1.82) is 0 Å². The number of tetrazole rings is 1. The Morgan fingerprint density at radius 1 is 1.43 bits per heavy atom. The second-order valence-corrected chi connectivity index (χ2v) is 3.04.